The first-order valence-corrected chi connectivity index (χ1v) is 7.14. The summed E-state index contributed by atoms with van der Waals surface area (Å²) in [4.78, 5) is 29.1. The second-order valence-electron chi connectivity index (χ2n) is 4.72. The van der Waals surface area contributed by atoms with E-state index in [1.807, 2.05) is 6.92 Å². The smallest absolute Gasteiger partial charge is 0.260 e. The fourth-order valence-electron chi connectivity index (χ4n) is 1.97. The molecule has 1 atom stereocenters. The molecule has 0 aromatic carbocycles. The van der Waals surface area contributed by atoms with Crippen molar-refractivity contribution in [2.75, 3.05) is 0 Å². The largest absolute Gasteiger partial charge is 0.346 e. The van der Waals surface area contributed by atoms with Gasteiger partial charge in [0, 0.05) is 0 Å². The van der Waals surface area contributed by atoms with E-state index in [9.17, 15) is 14.9 Å². The molecule has 0 N–H and O–H groups in total. The number of hydrogen-bond acceptors (Lipinski definition) is 5. The maximum absolute atomic E-state index is 11.4. The highest BCUT2D eigenvalue weighted by Crippen LogP contribution is 2.17. The Balaban J connectivity index is 3.63. The molecule has 0 radical (unpaired) electrons. The molecule has 112 valence electrons. The van der Waals surface area contributed by atoms with Gasteiger partial charge in [0.25, 0.3) is 0 Å². The Hall–Kier alpha value is -1.33. The molecule has 0 heterocycles. The van der Waals surface area contributed by atoms with Crippen LogP contribution in [0.5, 0.6) is 0 Å². The summed E-state index contributed by atoms with van der Waals surface area (Å²) in [5, 5.41) is 8.78. The molecular formula is C13H25NO5. The Morgan fingerprint density at radius 2 is 1.68 bits per heavy atom. The topological polar surface area (TPSA) is 78.7 Å². The lowest BCUT2D eigenvalue weighted by Gasteiger charge is -2.11. The molecule has 0 aromatic heterocycles. The fraction of sp³-hybridized carbons (Fsp3) is 0.923. The molecule has 0 aliphatic carbocycles. The third-order valence-corrected chi connectivity index (χ3v) is 3.16. The first kappa shape index (κ1) is 17.7. The normalized spacial score (nSPS) is 11.9. The van der Waals surface area contributed by atoms with Crippen LogP contribution in [0.2, 0.25) is 0 Å². The Bertz CT molecular complexity index is 257. The fourth-order valence-corrected chi connectivity index (χ4v) is 1.97. The van der Waals surface area contributed by atoms with Crippen LogP contribution in [0.15, 0.2) is 0 Å². The maximum Gasteiger partial charge on any atom is 0.346 e. The molecule has 1 unspecified atom stereocenters. The Morgan fingerprint density at radius 3 is 2.21 bits per heavy atom. The maximum atomic E-state index is 11.4. The van der Waals surface area contributed by atoms with Gasteiger partial charge in [-0.2, -0.15) is 0 Å². The molecule has 0 fully saturated rings. The molecule has 0 aliphatic rings. The summed E-state index contributed by atoms with van der Waals surface area (Å²) in [6.07, 6.45) is 9.53. The molecule has 0 spiro atoms. The SMILES string of the molecule is CCCCCCCCCC(CC)C(=O)OO[N+](=O)[O-]. The van der Waals surface area contributed by atoms with E-state index in [0.29, 0.717) is 12.8 Å². The molecule has 0 rings (SSSR count). The number of nitrogens with zero attached hydrogens (tertiary/aromatic N) is 1. The van der Waals surface area contributed by atoms with Crippen molar-refractivity contribution < 1.29 is 19.8 Å². The monoisotopic (exact) mass is 275 g/mol. The van der Waals surface area contributed by atoms with Crippen LogP contribution in [0, 0.1) is 16.0 Å². The third-order valence-electron chi connectivity index (χ3n) is 3.16. The van der Waals surface area contributed by atoms with Crippen LogP contribution in [-0.2, 0) is 14.7 Å². The van der Waals surface area contributed by atoms with Gasteiger partial charge in [-0.3, -0.25) is 4.89 Å². The molecule has 19 heavy (non-hydrogen) atoms. The van der Waals surface area contributed by atoms with Crippen molar-refractivity contribution in [3.8, 4) is 0 Å². The molecule has 0 amide bonds. The Labute approximate surface area is 114 Å². The van der Waals surface area contributed by atoms with Gasteiger partial charge < -0.3 is 0 Å². The highest BCUT2D eigenvalue weighted by molar-refractivity contribution is 5.71. The summed E-state index contributed by atoms with van der Waals surface area (Å²) < 4.78 is 0. The highest BCUT2D eigenvalue weighted by atomic mass is 17.3. The van der Waals surface area contributed by atoms with Crippen molar-refractivity contribution in [1.29, 1.82) is 0 Å². The van der Waals surface area contributed by atoms with Gasteiger partial charge in [-0.25, -0.2) is 4.79 Å². The molecule has 6 nitrogen and oxygen atoms in total. The van der Waals surface area contributed by atoms with Crippen LogP contribution < -0.4 is 0 Å². The van der Waals surface area contributed by atoms with Gasteiger partial charge in [-0.05, 0) is 12.8 Å². The summed E-state index contributed by atoms with van der Waals surface area (Å²) in [6.45, 7) is 4.05. The summed E-state index contributed by atoms with van der Waals surface area (Å²) in [6, 6.07) is 0. The van der Waals surface area contributed by atoms with Crippen molar-refractivity contribution in [2.24, 2.45) is 5.92 Å². The lowest BCUT2D eigenvalue weighted by Crippen LogP contribution is -2.19. The zero-order chi connectivity index (χ0) is 14.5. The van der Waals surface area contributed by atoms with Crippen molar-refractivity contribution in [1.82, 2.24) is 0 Å². The zero-order valence-electron chi connectivity index (χ0n) is 11.9. The van der Waals surface area contributed by atoms with Gasteiger partial charge in [-0.1, -0.05) is 63.8 Å². The molecular weight excluding hydrogens is 250 g/mol. The van der Waals surface area contributed by atoms with Crippen LogP contribution in [-0.4, -0.2) is 11.1 Å². The lowest BCUT2D eigenvalue weighted by atomic mass is 9.98. The van der Waals surface area contributed by atoms with Crippen LogP contribution in [0.3, 0.4) is 0 Å². The number of unbranched alkanes of at least 4 members (excludes halogenated alkanes) is 6. The molecule has 0 aliphatic heterocycles. The summed E-state index contributed by atoms with van der Waals surface area (Å²) in [5.41, 5.74) is 0. The van der Waals surface area contributed by atoms with Gasteiger partial charge in [0.1, 0.15) is 0 Å². The first-order valence-electron chi connectivity index (χ1n) is 7.14. The van der Waals surface area contributed by atoms with Crippen LogP contribution >= 0.6 is 0 Å². The van der Waals surface area contributed by atoms with E-state index in [1.165, 1.54) is 32.1 Å². The van der Waals surface area contributed by atoms with Gasteiger partial charge in [0.2, 0.25) is 0 Å². The molecule has 0 saturated heterocycles. The number of rotatable bonds is 12. The summed E-state index contributed by atoms with van der Waals surface area (Å²) in [5.74, 6) is -0.958. The number of carbonyl (C=O) groups is 1. The number of hydrogen-bond donors (Lipinski definition) is 0. The van der Waals surface area contributed by atoms with E-state index in [0.717, 1.165) is 12.8 Å². The van der Waals surface area contributed by atoms with Crippen molar-refractivity contribution >= 4 is 5.97 Å². The van der Waals surface area contributed by atoms with Gasteiger partial charge in [-0.15, -0.1) is 10.1 Å². The zero-order valence-corrected chi connectivity index (χ0v) is 11.9. The second-order valence-corrected chi connectivity index (χ2v) is 4.72. The highest BCUT2D eigenvalue weighted by Gasteiger charge is 2.19. The minimum absolute atomic E-state index is 0.310. The van der Waals surface area contributed by atoms with Crippen molar-refractivity contribution in [2.45, 2.75) is 71.6 Å². The lowest BCUT2D eigenvalue weighted by molar-refractivity contribution is -0.840. The Kier molecular flexibility index (Phi) is 10.9. The van der Waals surface area contributed by atoms with Gasteiger partial charge in [0.05, 0.1) is 5.92 Å². The quantitative estimate of drug-likeness (QED) is 0.234. The molecule has 0 bridgehead atoms. The summed E-state index contributed by atoms with van der Waals surface area (Å²) in [7, 11) is 0. The van der Waals surface area contributed by atoms with Gasteiger partial charge in [0.15, 0.2) is 0 Å². The Morgan fingerprint density at radius 1 is 1.11 bits per heavy atom. The standard InChI is InChI=1S/C13H25NO5/c1-3-5-6-7-8-9-10-11-12(4-2)13(15)18-19-14(16)17/h12H,3-11H2,1-2H3. The predicted molar refractivity (Wildman–Crippen MR) is 70.6 cm³/mol. The second kappa shape index (κ2) is 11.7. The molecule has 6 heteroatoms. The average molecular weight is 275 g/mol. The van der Waals surface area contributed by atoms with Crippen LogP contribution in [0.25, 0.3) is 0 Å². The third kappa shape index (κ3) is 10.3. The minimum atomic E-state index is -1.13. The predicted octanol–water partition coefficient (Wildman–Crippen LogP) is 3.82. The number of carbonyl (C=O) groups excluding carboxylic acids is 1. The van der Waals surface area contributed by atoms with Crippen molar-refractivity contribution in [3.63, 3.8) is 0 Å². The van der Waals surface area contributed by atoms with E-state index in [2.05, 4.69) is 16.8 Å². The minimum Gasteiger partial charge on any atom is -0.260 e. The van der Waals surface area contributed by atoms with Crippen molar-refractivity contribution in [3.05, 3.63) is 10.1 Å². The summed E-state index contributed by atoms with van der Waals surface area (Å²) >= 11 is 0. The van der Waals surface area contributed by atoms with E-state index < -0.39 is 11.1 Å². The first-order chi connectivity index (χ1) is 9.11. The van der Waals surface area contributed by atoms with E-state index in [4.69, 9.17) is 0 Å². The van der Waals surface area contributed by atoms with Crippen LogP contribution in [0.4, 0.5) is 0 Å². The van der Waals surface area contributed by atoms with Gasteiger partial charge >= 0.3 is 11.1 Å². The molecule has 0 aromatic rings. The average Bonchev–Trinajstić information content (AvgIpc) is 2.39. The molecule has 0 saturated carbocycles. The van der Waals surface area contributed by atoms with E-state index >= 15 is 0 Å². The van der Waals surface area contributed by atoms with E-state index in [-0.39, 0.29) is 5.92 Å². The van der Waals surface area contributed by atoms with E-state index in [1.54, 1.807) is 0 Å². The van der Waals surface area contributed by atoms with Crippen LogP contribution in [0.1, 0.15) is 71.6 Å².